The van der Waals surface area contributed by atoms with E-state index in [4.69, 9.17) is 5.73 Å². The van der Waals surface area contributed by atoms with E-state index in [1.54, 1.807) is 24.5 Å². The minimum absolute atomic E-state index is 0.581. The Balaban J connectivity index is 2.43. The standard InChI is InChI=1S/C12H12F3N3/c1-11(16)9(8-4-6-17-7-5-8)2-3-10(18-11)12(13,14)15/h2-7,18H,16H2,1H3. The first-order valence-electron chi connectivity index (χ1n) is 5.28. The number of pyridine rings is 1. The summed E-state index contributed by atoms with van der Waals surface area (Å²) in [6.45, 7) is 1.50. The van der Waals surface area contributed by atoms with E-state index in [1.165, 1.54) is 13.0 Å². The molecule has 3 nitrogen and oxygen atoms in total. The second-order valence-corrected chi connectivity index (χ2v) is 4.22. The van der Waals surface area contributed by atoms with E-state index in [0.29, 0.717) is 5.57 Å². The van der Waals surface area contributed by atoms with Gasteiger partial charge in [0.1, 0.15) is 11.4 Å². The van der Waals surface area contributed by atoms with Gasteiger partial charge in [-0.3, -0.25) is 4.98 Å². The van der Waals surface area contributed by atoms with Gasteiger partial charge in [-0.25, -0.2) is 0 Å². The fourth-order valence-electron chi connectivity index (χ4n) is 1.82. The zero-order chi connectivity index (χ0) is 13.4. The Bertz CT molecular complexity index is 501. The Hall–Kier alpha value is -1.82. The van der Waals surface area contributed by atoms with Gasteiger partial charge in [0.25, 0.3) is 0 Å². The minimum Gasteiger partial charge on any atom is -0.360 e. The topological polar surface area (TPSA) is 50.9 Å². The molecule has 2 rings (SSSR count). The monoisotopic (exact) mass is 255 g/mol. The molecule has 0 aromatic carbocycles. The Kier molecular flexibility index (Phi) is 2.90. The lowest BCUT2D eigenvalue weighted by atomic mass is 9.92. The highest BCUT2D eigenvalue weighted by Crippen LogP contribution is 2.33. The van der Waals surface area contributed by atoms with Crippen molar-refractivity contribution in [2.75, 3.05) is 0 Å². The number of alkyl halides is 3. The minimum atomic E-state index is -4.43. The second kappa shape index (κ2) is 4.13. The van der Waals surface area contributed by atoms with Crippen LogP contribution in [0.2, 0.25) is 0 Å². The van der Waals surface area contributed by atoms with E-state index >= 15 is 0 Å². The molecule has 2 heterocycles. The zero-order valence-corrected chi connectivity index (χ0v) is 9.62. The van der Waals surface area contributed by atoms with Gasteiger partial charge in [0.05, 0.1) is 0 Å². The van der Waals surface area contributed by atoms with Crippen molar-refractivity contribution in [1.82, 2.24) is 10.3 Å². The van der Waals surface area contributed by atoms with Crippen molar-refractivity contribution in [3.8, 4) is 0 Å². The Morgan fingerprint density at radius 1 is 1.22 bits per heavy atom. The maximum absolute atomic E-state index is 12.6. The molecule has 1 aromatic rings. The van der Waals surface area contributed by atoms with Crippen LogP contribution in [0.1, 0.15) is 12.5 Å². The van der Waals surface area contributed by atoms with Gasteiger partial charge in [-0.15, -0.1) is 0 Å². The molecule has 0 fully saturated rings. The molecule has 18 heavy (non-hydrogen) atoms. The van der Waals surface area contributed by atoms with Crippen LogP contribution in [0.15, 0.2) is 42.4 Å². The molecule has 0 bridgehead atoms. The summed E-state index contributed by atoms with van der Waals surface area (Å²) in [6, 6.07) is 3.40. The number of nitrogens with two attached hydrogens (primary N) is 1. The van der Waals surface area contributed by atoms with Crippen LogP contribution in [0.4, 0.5) is 13.2 Å². The summed E-state index contributed by atoms with van der Waals surface area (Å²) < 4.78 is 37.8. The largest absolute Gasteiger partial charge is 0.430 e. The first-order valence-corrected chi connectivity index (χ1v) is 5.28. The molecule has 96 valence electrons. The number of halogens is 3. The van der Waals surface area contributed by atoms with E-state index in [1.807, 2.05) is 0 Å². The Labute approximate surface area is 102 Å². The number of dihydropyridines is 1. The average molecular weight is 255 g/mol. The number of hydrogen-bond acceptors (Lipinski definition) is 3. The molecule has 1 aliphatic heterocycles. The molecule has 0 saturated heterocycles. The van der Waals surface area contributed by atoms with Crippen molar-refractivity contribution in [2.45, 2.75) is 18.8 Å². The number of rotatable bonds is 1. The number of hydrogen-bond donors (Lipinski definition) is 2. The van der Waals surface area contributed by atoms with E-state index < -0.39 is 17.5 Å². The van der Waals surface area contributed by atoms with Crippen LogP contribution >= 0.6 is 0 Å². The summed E-state index contributed by atoms with van der Waals surface area (Å²) in [4.78, 5) is 3.86. The predicted octanol–water partition coefficient (Wildman–Crippen LogP) is 2.19. The molecule has 1 atom stereocenters. The van der Waals surface area contributed by atoms with Crippen molar-refractivity contribution in [2.24, 2.45) is 5.73 Å². The highest BCUT2D eigenvalue weighted by Gasteiger charge is 2.40. The van der Waals surface area contributed by atoms with Crippen molar-refractivity contribution >= 4 is 5.57 Å². The normalized spacial score (nSPS) is 24.1. The van der Waals surface area contributed by atoms with Crippen LogP contribution in [-0.2, 0) is 0 Å². The molecule has 3 N–H and O–H groups in total. The summed E-state index contributed by atoms with van der Waals surface area (Å²) >= 11 is 0. The molecule has 6 heteroatoms. The molecule has 0 radical (unpaired) electrons. The van der Waals surface area contributed by atoms with Crippen LogP contribution < -0.4 is 11.1 Å². The van der Waals surface area contributed by atoms with Crippen molar-refractivity contribution in [3.05, 3.63) is 47.9 Å². The average Bonchev–Trinajstić information content (AvgIpc) is 2.27. The van der Waals surface area contributed by atoms with Crippen LogP contribution in [0.25, 0.3) is 5.57 Å². The smallest absolute Gasteiger partial charge is 0.360 e. The van der Waals surface area contributed by atoms with Gasteiger partial charge in [-0.05, 0) is 36.3 Å². The third-order valence-corrected chi connectivity index (χ3v) is 2.67. The van der Waals surface area contributed by atoms with Gasteiger partial charge < -0.3 is 11.1 Å². The molecule has 1 unspecified atom stereocenters. The van der Waals surface area contributed by atoms with Crippen LogP contribution in [-0.4, -0.2) is 16.8 Å². The summed E-state index contributed by atoms with van der Waals surface area (Å²) in [5, 5.41) is 2.31. The van der Waals surface area contributed by atoms with Gasteiger partial charge in [0.15, 0.2) is 0 Å². The van der Waals surface area contributed by atoms with Crippen molar-refractivity contribution < 1.29 is 13.2 Å². The second-order valence-electron chi connectivity index (χ2n) is 4.22. The molecule has 0 saturated carbocycles. The summed E-state index contributed by atoms with van der Waals surface area (Å²) in [6.07, 6.45) is 1.07. The van der Waals surface area contributed by atoms with Crippen molar-refractivity contribution in [1.29, 1.82) is 0 Å². The van der Waals surface area contributed by atoms with Gasteiger partial charge >= 0.3 is 6.18 Å². The Morgan fingerprint density at radius 2 is 1.83 bits per heavy atom. The van der Waals surface area contributed by atoms with Gasteiger partial charge in [0, 0.05) is 12.4 Å². The van der Waals surface area contributed by atoms with Crippen LogP contribution in [0.3, 0.4) is 0 Å². The highest BCUT2D eigenvalue weighted by molar-refractivity contribution is 5.75. The summed E-state index contributed by atoms with van der Waals surface area (Å²) in [5.74, 6) is 0. The molecule has 1 aromatic heterocycles. The highest BCUT2D eigenvalue weighted by atomic mass is 19.4. The lowest BCUT2D eigenvalue weighted by Gasteiger charge is -2.34. The lowest BCUT2D eigenvalue weighted by Crippen LogP contribution is -2.54. The molecule has 0 aliphatic carbocycles. The van der Waals surface area contributed by atoms with Gasteiger partial charge in [-0.2, -0.15) is 13.2 Å². The zero-order valence-electron chi connectivity index (χ0n) is 9.62. The molecule has 1 aliphatic rings. The molecule has 0 spiro atoms. The third kappa shape index (κ3) is 2.38. The van der Waals surface area contributed by atoms with E-state index in [0.717, 1.165) is 11.6 Å². The Morgan fingerprint density at radius 3 is 2.33 bits per heavy atom. The summed E-state index contributed by atoms with van der Waals surface area (Å²) in [7, 11) is 0. The fourth-order valence-corrected chi connectivity index (χ4v) is 1.82. The molecule has 0 amide bonds. The van der Waals surface area contributed by atoms with E-state index in [-0.39, 0.29) is 0 Å². The number of nitrogens with one attached hydrogen (secondary N) is 1. The van der Waals surface area contributed by atoms with Crippen LogP contribution in [0.5, 0.6) is 0 Å². The van der Waals surface area contributed by atoms with E-state index in [2.05, 4.69) is 10.3 Å². The predicted molar refractivity (Wildman–Crippen MR) is 62.1 cm³/mol. The SMILES string of the molecule is CC1(N)NC(C(F)(F)F)=CC=C1c1ccncc1. The van der Waals surface area contributed by atoms with Gasteiger partial charge in [0.2, 0.25) is 0 Å². The van der Waals surface area contributed by atoms with Gasteiger partial charge in [-0.1, -0.05) is 6.08 Å². The molecular weight excluding hydrogens is 243 g/mol. The number of nitrogens with zero attached hydrogens (tertiary/aromatic N) is 1. The third-order valence-electron chi connectivity index (χ3n) is 2.67. The maximum atomic E-state index is 12.6. The molecular formula is C12H12F3N3. The van der Waals surface area contributed by atoms with E-state index in [9.17, 15) is 13.2 Å². The van der Waals surface area contributed by atoms with Crippen LogP contribution in [0, 0.1) is 0 Å². The number of allylic oxidation sites excluding steroid dienone is 3. The quantitative estimate of drug-likeness (QED) is 0.808. The fraction of sp³-hybridized carbons (Fsp3) is 0.250. The first kappa shape index (κ1) is 12.6. The first-order chi connectivity index (χ1) is 8.31. The summed E-state index contributed by atoms with van der Waals surface area (Å²) in [5.41, 5.74) is 5.10. The lowest BCUT2D eigenvalue weighted by molar-refractivity contribution is -0.0987. The van der Waals surface area contributed by atoms with Crippen molar-refractivity contribution in [3.63, 3.8) is 0 Å². The number of aromatic nitrogens is 1. The maximum Gasteiger partial charge on any atom is 0.430 e.